The first kappa shape index (κ1) is 17.9. The average molecular weight is 374 g/mol. The Labute approximate surface area is 154 Å². The number of carbonyl (C=O) groups is 1. The Balaban J connectivity index is 1.64. The van der Waals surface area contributed by atoms with Crippen molar-refractivity contribution >= 4 is 22.4 Å². The summed E-state index contributed by atoms with van der Waals surface area (Å²) in [6, 6.07) is 5.41. The van der Waals surface area contributed by atoms with E-state index < -0.39 is 0 Å². The van der Waals surface area contributed by atoms with Gasteiger partial charge in [-0.15, -0.1) is 11.3 Å². The molecule has 1 N–H and O–H groups in total. The fourth-order valence-electron chi connectivity index (χ4n) is 2.25. The van der Waals surface area contributed by atoms with Crippen molar-refractivity contribution in [3.05, 3.63) is 35.7 Å². The molecule has 26 heavy (non-hydrogen) atoms. The van der Waals surface area contributed by atoms with Gasteiger partial charge < -0.3 is 19.3 Å². The van der Waals surface area contributed by atoms with Crippen molar-refractivity contribution in [3.8, 4) is 22.9 Å². The summed E-state index contributed by atoms with van der Waals surface area (Å²) in [6.45, 7) is 2.42. The van der Waals surface area contributed by atoms with Crippen LogP contribution in [0.4, 0.5) is 5.13 Å². The lowest BCUT2D eigenvalue weighted by atomic mass is 10.2. The lowest BCUT2D eigenvalue weighted by molar-refractivity contribution is -0.116. The molecular weight excluding hydrogens is 356 g/mol. The third kappa shape index (κ3) is 4.37. The summed E-state index contributed by atoms with van der Waals surface area (Å²) in [5.74, 6) is 1.93. The van der Waals surface area contributed by atoms with E-state index in [4.69, 9.17) is 14.0 Å². The predicted octanol–water partition coefficient (Wildman–Crippen LogP) is 3.17. The maximum atomic E-state index is 11.9. The minimum Gasteiger partial charge on any atom is -0.493 e. The first-order valence-corrected chi connectivity index (χ1v) is 8.90. The summed E-state index contributed by atoms with van der Waals surface area (Å²) >= 11 is 1.37. The van der Waals surface area contributed by atoms with Gasteiger partial charge in [-0.05, 0) is 25.1 Å². The number of aromatic nitrogens is 3. The van der Waals surface area contributed by atoms with Crippen LogP contribution in [0.25, 0.3) is 11.4 Å². The number of ether oxygens (including phenoxy) is 2. The molecule has 0 aliphatic rings. The fourth-order valence-corrected chi connectivity index (χ4v) is 2.79. The lowest BCUT2D eigenvalue weighted by Crippen LogP contribution is -2.12. The largest absolute Gasteiger partial charge is 0.493 e. The molecule has 2 aromatic heterocycles. The van der Waals surface area contributed by atoms with E-state index >= 15 is 0 Å². The van der Waals surface area contributed by atoms with Crippen LogP contribution in [0.3, 0.4) is 0 Å². The summed E-state index contributed by atoms with van der Waals surface area (Å²) in [7, 11) is 1.58. The quantitative estimate of drug-likeness (QED) is 0.646. The molecule has 1 amide bonds. The van der Waals surface area contributed by atoms with E-state index in [1.807, 2.05) is 13.0 Å². The minimum atomic E-state index is -0.150. The van der Waals surface area contributed by atoms with Crippen LogP contribution in [0.1, 0.15) is 19.2 Å². The molecule has 0 bridgehead atoms. The van der Waals surface area contributed by atoms with Crippen molar-refractivity contribution in [1.29, 1.82) is 0 Å². The molecule has 0 saturated carbocycles. The molecule has 3 aromatic rings. The molecule has 0 spiro atoms. The van der Waals surface area contributed by atoms with Crippen molar-refractivity contribution in [1.82, 2.24) is 15.1 Å². The highest BCUT2D eigenvalue weighted by atomic mass is 32.1. The van der Waals surface area contributed by atoms with Crippen LogP contribution in [-0.2, 0) is 11.2 Å². The second-order valence-corrected chi connectivity index (χ2v) is 6.09. The highest BCUT2D eigenvalue weighted by molar-refractivity contribution is 7.13. The van der Waals surface area contributed by atoms with Crippen molar-refractivity contribution in [3.63, 3.8) is 0 Å². The number of methoxy groups -OCH3 is 1. The Morgan fingerprint density at radius 3 is 2.96 bits per heavy atom. The smallest absolute Gasteiger partial charge is 0.227 e. The number of thiazole rings is 1. The number of carbonyl (C=O) groups excluding carboxylic acids is 1. The van der Waals surface area contributed by atoms with Crippen LogP contribution in [0.2, 0.25) is 0 Å². The lowest BCUT2D eigenvalue weighted by Gasteiger charge is -2.09. The van der Waals surface area contributed by atoms with Gasteiger partial charge >= 0.3 is 0 Å². The van der Waals surface area contributed by atoms with Crippen LogP contribution in [0.15, 0.2) is 34.3 Å². The second-order valence-electron chi connectivity index (χ2n) is 5.20. The predicted molar refractivity (Wildman–Crippen MR) is 96.5 cm³/mol. The van der Waals surface area contributed by atoms with Gasteiger partial charge in [0, 0.05) is 30.0 Å². The first-order chi connectivity index (χ1) is 12.7. The van der Waals surface area contributed by atoms with Gasteiger partial charge in [-0.3, -0.25) is 4.79 Å². The zero-order valence-corrected chi connectivity index (χ0v) is 15.2. The number of nitrogens with one attached hydrogen (secondary N) is 1. The Morgan fingerprint density at radius 1 is 1.35 bits per heavy atom. The summed E-state index contributed by atoms with van der Waals surface area (Å²) in [5, 5.41) is 9.05. The van der Waals surface area contributed by atoms with Gasteiger partial charge in [0.05, 0.1) is 13.7 Å². The van der Waals surface area contributed by atoms with E-state index in [9.17, 15) is 4.79 Å². The van der Waals surface area contributed by atoms with E-state index in [2.05, 4.69) is 20.4 Å². The monoisotopic (exact) mass is 374 g/mol. The SMILES string of the molecule is CCOc1cc(-c2noc(CCC(=O)Nc3nccs3)n2)ccc1OC. The molecule has 0 fully saturated rings. The molecule has 9 heteroatoms. The van der Waals surface area contributed by atoms with Crippen LogP contribution in [0.5, 0.6) is 11.5 Å². The van der Waals surface area contributed by atoms with Crippen molar-refractivity contribution < 1.29 is 18.8 Å². The maximum absolute atomic E-state index is 11.9. The van der Waals surface area contributed by atoms with Gasteiger partial charge in [-0.2, -0.15) is 4.98 Å². The van der Waals surface area contributed by atoms with E-state index in [1.165, 1.54) is 11.3 Å². The summed E-state index contributed by atoms with van der Waals surface area (Å²) in [5.41, 5.74) is 0.747. The number of hydrogen-bond acceptors (Lipinski definition) is 8. The number of amides is 1. The van der Waals surface area contributed by atoms with Crippen LogP contribution in [-0.4, -0.2) is 34.7 Å². The molecule has 0 atom stereocenters. The highest BCUT2D eigenvalue weighted by Gasteiger charge is 2.14. The Kier molecular flexibility index (Phi) is 5.80. The zero-order chi connectivity index (χ0) is 18.4. The molecule has 0 radical (unpaired) electrons. The molecule has 2 heterocycles. The molecule has 136 valence electrons. The van der Waals surface area contributed by atoms with Gasteiger partial charge in [-0.1, -0.05) is 5.16 Å². The number of rotatable bonds is 8. The molecule has 0 aliphatic heterocycles. The number of anilines is 1. The summed E-state index contributed by atoms with van der Waals surface area (Å²) in [4.78, 5) is 20.2. The number of benzene rings is 1. The van der Waals surface area contributed by atoms with E-state index in [0.717, 1.165) is 5.56 Å². The number of aryl methyl sites for hydroxylation is 1. The molecule has 0 saturated heterocycles. The third-order valence-electron chi connectivity index (χ3n) is 3.43. The molecule has 0 aliphatic carbocycles. The second kappa shape index (κ2) is 8.43. The maximum Gasteiger partial charge on any atom is 0.227 e. The Morgan fingerprint density at radius 2 is 2.23 bits per heavy atom. The normalized spacial score (nSPS) is 10.5. The minimum absolute atomic E-state index is 0.150. The Hall–Kier alpha value is -2.94. The van der Waals surface area contributed by atoms with Gasteiger partial charge in [0.1, 0.15) is 0 Å². The number of nitrogens with zero attached hydrogens (tertiary/aromatic N) is 3. The molecular formula is C17H18N4O4S. The van der Waals surface area contributed by atoms with Crippen LogP contribution < -0.4 is 14.8 Å². The van der Waals surface area contributed by atoms with Crippen molar-refractivity contribution in [2.45, 2.75) is 19.8 Å². The van der Waals surface area contributed by atoms with Gasteiger partial charge in [0.15, 0.2) is 16.6 Å². The van der Waals surface area contributed by atoms with Crippen LogP contribution in [0, 0.1) is 0 Å². The van der Waals surface area contributed by atoms with E-state index in [-0.39, 0.29) is 12.3 Å². The molecule has 1 aromatic carbocycles. The topological polar surface area (TPSA) is 99.4 Å². The van der Waals surface area contributed by atoms with Gasteiger partial charge in [-0.25, -0.2) is 4.98 Å². The molecule has 3 rings (SSSR count). The highest BCUT2D eigenvalue weighted by Crippen LogP contribution is 2.31. The summed E-state index contributed by atoms with van der Waals surface area (Å²) < 4.78 is 16.1. The van der Waals surface area contributed by atoms with E-state index in [0.29, 0.717) is 41.4 Å². The van der Waals surface area contributed by atoms with E-state index in [1.54, 1.807) is 30.8 Å². The standard InChI is InChI=1S/C17H18N4O4S/c1-3-24-13-10-11(4-5-12(13)23-2)16-20-15(25-21-16)7-6-14(22)19-17-18-8-9-26-17/h4-5,8-10H,3,6-7H2,1-2H3,(H,18,19,22). The fraction of sp³-hybridized carbons (Fsp3) is 0.294. The van der Waals surface area contributed by atoms with Gasteiger partial charge in [0.2, 0.25) is 17.6 Å². The first-order valence-electron chi connectivity index (χ1n) is 8.02. The average Bonchev–Trinajstić information content (AvgIpc) is 3.32. The van der Waals surface area contributed by atoms with Crippen molar-refractivity contribution in [2.75, 3.05) is 19.0 Å². The summed E-state index contributed by atoms with van der Waals surface area (Å²) in [6.07, 6.45) is 2.21. The zero-order valence-electron chi connectivity index (χ0n) is 14.4. The van der Waals surface area contributed by atoms with Crippen LogP contribution >= 0.6 is 11.3 Å². The molecule has 0 unspecified atom stereocenters. The Bertz CT molecular complexity index is 864. The van der Waals surface area contributed by atoms with Gasteiger partial charge in [0.25, 0.3) is 0 Å². The third-order valence-corrected chi connectivity index (χ3v) is 4.12. The number of hydrogen-bond donors (Lipinski definition) is 1. The van der Waals surface area contributed by atoms with Crippen molar-refractivity contribution in [2.24, 2.45) is 0 Å². The molecule has 8 nitrogen and oxygen atoms in total.